The number of methoxy groups -OCH3 is 1. The van der Waals surface area contributed by atoms with Gasteiger partial charge in [0.15, 0.2) is 0 Å². The van der Waals surface area contributed by atoms with Gasteiger partial charge in [-0.1, -0.05) is 29.8 Å². The van der Waals surface area contributed by atoms with Crippen LogP contribution in [0.5, 0.6) is 5.75 Å². The van der Waals surface area contributed by atoms with Crippen LogP contribution in [0.15, 0.2) is 54.1 Å². The van der Waals surface area contributed by atoms with Crippen molar-refractivity contribution in [2.45, 2.75) is 0 Å². The van der Waals surface area contributed by atoms with Crippen molar-refractivity contribution in [3.8, 4) is 11.8 Å². The van der Waals surface area contributed by atoms with Crippen molar-refractivity contribution in [3.05, 3.63) is 64.7 Å². The van der Waals surface area contributed by atoms with Crippen molar-refractivity contribution in [2.75, 3.05) is 12.4 Å². The van der Waals surface area contributed by atoms with E-state index in [9.17, 15) is 4.79 Å². The molecule has 0 fully saturated rings. The second-order valence-electron chi connectivity index (χ2n) is 4.37. The molecule has 22 heavy (non-hydrogen) atoms. The molecule has 1 amide bonds. The van der Waals surface area contributed by atoms with E-state index in [1.165, 1.54) is 6.08 Å². The molecule has 2 aromatic carbocycles. The van der Waals surface area contributed by atoms with Crippen LogP contribution in [0, 0.1) is 11.3 Å². The summed E-state index contributed by atoms with van der Waals surface area (Å²) in [6.07, 6.45) is 1.46. The van der Waals surface area contributed by atoms with Gasteiger partial charge in [0.05, 0.1) is 7.11 Å². The van der Waals surface area contributed by atoms with Gasteiger partial charge in [0.1, 0.15) is 17.4 Å². The van der Waals surface area contributed by atoms with Gasteiger partial charge in [0, 0.05) is 10.7 Å². The number of anilines is 1. The first kappa shape index (κ1) is 15.6. The summed E-state index contributed by atoms with van der Waals surface area (Å²) in [5.74, 6) is 0.192. The molecule has 0 aliphatic carbocycles. The van der Waals surface area contributed by atoms with Crippen LogP contribution in [0.2, 0.25) is 5.02 Å². The van der Waals surface area contributed by atoms with Gasteiger partial charge in [0.25, 0.3) is 5.91 Å². The van der Waals surface area contributed by atoms with Gasteiger partial charge < -0.3 is 10.1 Å². The summed E-state index contributed by atoms with van der Waals surface area (Å²) in [5.41, 5.74) is 1.17. The number of carbonyl (C=O) groups excluding carboxylic acids is 1. The van der Waals surface area contributed by atoms with E-state index in [0.29, 0.717) is 22.0 Å². The van der Waals surface area contributed by atoms with E-state index in [1.54, 1.807) is 55.6 Å². The molecule has 2 rings (SSSR count). The number of ether oxygens (including phenoxy) is 1. The Balaban J connectivity index is 2.19. The molecule has 0 aliphatic heterocycles. The molecule has 0 aliphatic rings. The van der Waals surface area contributed by atoms with Crippen molar-refractivity contribution in [1.29, 1.82) is 5.26 Å². The van der Waals surface area contributed by atoms with Crippen molar-refractivity contribution < 1.29 is 9.53 Å². The second kappa shape index (κ2) is 7.30. The molecule has 2 aromatic rings. The third-order valence-electron chi connectivity index (χ3n) is 2.92. The average Bonchev–Trinajstić information content (AvgIpc) is 2.54. The molecule has 1 N–H and O–H groups in total. The first-order chi connectivity index (χ1) is 10.6. The Labute approximate surface area is 133 Å². The fraction of sp³-hybridized carbons (Fsp3) is 0.0588. The van der Waals surface area contributed by atoms with Crippen molar-refractivity contribution in [3.63, 3.8) is 0 Å². The van der Waals surface area contributed by atoms with Crippen LogP contribution in [0.4, 0.5) is 5.69 Å². The monoisotopic (exact) mass is 312 g/mol. The van der Waals surface area contributed by atoms with Crippen LogP contribution in [0.3, 0.4) is 0 Å². The van der Waals surface area contributed by atoms with Crippen LogP contribution >= 0.6 is 11.6 Å². The number of hydrogen-bond donors (Lipinski definition) is 1. The standard InChI is InChI=1S/C17H13ClN2O2/c1-22-15-8-6-14(7-9-15)20-17(21)13(11-19)10-12-4-2-3-5-16(12)18/h2-10H,1H3,(H,20,21)/b13-10+. The Hall–Kier alpha value is -2.77. The van der Waals surface area contributed by atoms with Gasteiger partial charge in [0.2, 0.25) is 0 Å². The largest absolute Gasteiger partial charge is 0.497 e. The summed E-state index contributed by atoms with van der Waals surface area (Å²) >= 11 is 6.02. The van der Waals surface area contributed by atoms with Gasteiger partial charge in [-0.25, -0.2) is 0 Å². The van der Waals surface area contributed by atoms with E-state index in [2.05, 4.69) is 5.32 Å². The Bertz CT molecular complexity index is 746. The third-order valence-corrected chi connectivity index (χ3v) is 3.26. The van der Waals surface area contributed by atoms with E-state index in [-0.39, 0.29) is 5.57 Å². The van der Waals surface area contributed by atoms with Crippen LogP contribution in [0.1, 0.15) is 5.56 Å². The summed E-state index contributed by atoms with van der Waals surface area (Å²) in [4.78, 5) is 12.1. The van der Waals surface area contributed by atoms with E-state index >= 15 is 0 Å². The molecular formula is C17H13ClN2O2. The maximum atomic E-state index is 12.1. The Kier molecular flexibility index (Phi) is 5.18. The molecule has 0 radical (unpaired) electrons. The highest BCUT2D eigenvalue weighted by molar-refractivity contribution is 6.32. The number of nitrogens with zero attached hydrogens (tertiary/aromatic N) is 1. The molecule has 0 heterocycles. The lowest BCUT2D eigenvalue weighted by Crippen LogP contribution is -2.13. The Morgan fingerprint density at radius 3 is 2.50 bits per heavy atom. The van der Waals surface area contributed by atoms with Gasteiger partial charge in [-0.2, -0.15) is 5.26 Å². The number of nitrogens with one attached hydrogen (secondary N) is 1. The third kappa shape index (κ3) is 3.87. The zero-order valence-electron chi connectivity index (χ0n) is 11.8. The van der Waals surface area contributed by atoms with Gasteiger partial charge in [-0.3, -0.25) is 4.79 Å². The molecule has 0 aromatic heterocycles. The predicted octanol–water partition coefficient (Wildman–Crippen LogP) is 3.89. The number of rotatable bonds is 4. The minimum atomic E-state index is -0.493. The number of amides is 1. The fourth-order valence-corrected chi connectivity index (χ4v) is 1.96. The molecule has 0 spiro atoms. The van der Waals surface area contributed by atoms with Gasteiger partial charge >= 0.3 is 0 Å². The summed E-state index contributed by atoms with van der Waals surface area (Å²) in [6.45, 7) is 0. The lowest BCUT2D eigenvalue weighted by Gasteiger charge is -2.06. The van der Waals surface area contributed by atoms with E-state index in [0.717, 1.165) is 0 Å². The number of benzene rings is 2. The highest BCUT2D eigenvalue weighted by Gasteiger charge is 2.10. The van der Waals surface area contributed by atoms with E-state index < -0.39 is 5.91 Å². The number of carbonyl (C=O) groups is 1. The number of hydrogen-bond acceptors (Lipinski definition) is 3. The summed E-state index contributed by atoms with van der Waals surface area (Å²) in [7, 11) is 1.56. The van der Waals surface area contributed by atoms with E-state index in [1.807, 2.05) is 6.07 Å². The lowest BCUT2D eigenvalue weighted by molar-refractivity contribution is -0.112. The number of nitriles is 1. The smallest absolute Gasteiger partial charge is 0.266 e. The molecule has 5 heteroatoms. The zero-order chi connectivity index (χ0) is 15.9. The molecule has 110 valence electrons. The molecule has 0 unspecified atom stereocenters. The minimum Gasteiger partial charge on any atom is -0.497 e. The minimum absolute atomic E-state index is 0.0241. The molecule has 0 saturated heterocycles. The SMILES string of the molecule is COc1ccc(NC(=O)/C(C#N)=C/c2ccccc2Cl)cc1. The summed E-state index contributed by atoms with van der Waals surface area (Å²) < 4.78 is 5.04. The maximum Gasteiger partial charge on any atom is 0.266 e. The maximum absolute atomic E-state index is 12.1. The Morgan fingerprint density at radius 2 is 1.91 bits per heavy atom. The van der Waals surface area contributed by atoms with Crippen molar-refractivity contribution >= 4 is 29.3 Å². The normalized spacial score (nSPS) is 10.7. The molecule has 0 saturated carbocycles. The van der Waals surface area contributed by atoms with E-state index in [4.69, 9.17) is 21.6 Å². The number of halogens is 1. The Morgan fingerprint density at radius 1 is 1.23 bits per heavy atom. The lowest BCUT2D eigenvalue weighted by atomic mass is 10.1. The summed E-state index contributed by atoms with van der Waals surface area (Å²) in [6, 6.07) is 15.7. The highest BCUT2D eigenvalue weighted by atomic mass is 35.5. The quantitative estimate of drug-likeness (QED) is 0.688. The summed E-state index contributed by atoms with van der Waals surface area (Å²) in [5, 5.41) is 12.3. The van der Waals surface area contributed by atoms with Crippen LogP contribution in [0.25, 0.3) is 6.08 Å². The van der Waals surface area contributed by atoms with Crippen molar-refractivity contribution in [1.82, 2.24) is 0 Å². The molecule has 0 atom stereocenters. The molecule has 0 bridgehead atoms. The fourth-order valence-electron chi connectivity index (χ4n) is 1.77. The first-order valence-corrected chi connectivity index (χ1v) is 6.83. The molecule has 4 nitrogen and oxygen atoms in total. The van der Waals surface area contributed by atoms with Gasteiger partial charge in [-0.15, -0.1) is 0 Å². The molecular weight excluding hydrogens is 300 g/mol. The van der Waals surface area contributed by atoms with Gasteiger partial charge in [-0.05, 0) is 42.0 Å². The second-order valence-corrected chi connectivity index (χ2v) is 4.78. The highest BCUT2D eigenvalue weighted by Crippen LogP contribution is 2.19. The topological polar surface area (TPSA) is 62.1 Å². The van der Waals surface area contributed by atoms with Crippen LogP contribution < -0.4 is 10.1 Å². The first-order valence-electron chi connectivity index (χ1n) is 6.46. The predicted molar refractivity (Wildman–Crippen MR) is 86.7 cm³/mol. The van der Waals surface area contributed by atoms with Crippen molar-refractivity contribution in [2.24, 2.45) is 0 Å². The average molecular weight is 313 g/mol. The zero-order valence-corrected chi connectivity index (χ0v) is 12.6. The van der Waals surface area contributed by atoms with Crippen LogP contribution in [-0.2, 0) is 4.79 Å². The van der Waals surface area contributed by atoms with Crippen LogP contribution in [-0.4, -0.2) is 13.0 Å².